The molecule has 2 heterocycles. The van der Waals surface area contributed by atoms with Crippen molar-refractivity contribution < 1.29 is 24.0 Å². The summed E-state index contributed by atoms with van der Waals surface area (Å²) in [6.45, 7) is 0. The summed E-state index contributed by atoms with van der Waals surface area (Å²) < 4.78 is 6.14. The number of thioether (sulfide) groups is 1. The van der Waals surface area contributed by atoms with E-state index in [1.807, 2.05) is 0 Å². The smallest absolute Gasteiger partial charge is 0.307 e. The molecule has 1 fully saturated rings. The molecule has 0 radical (unpaired) electrons. The van der Waals surface area contributed by atoms with E-state index in [1.54, 1.807) is 54.6 Å². The molecule has 3 aromatic rings. The van der Waals surface area contributed by atoms with Gasteiger partial charge >= 0.3 is 5.97 Å². The molecule has 0 bridgehead atoms. The number of carbonyl (C=O) groups excluding carboxylic acids is 1. The molecule has 1 aliphatic heterocycles. The van der Waals surface area contributed by atoms with Crippen LogP contribution in [0, 0.1) is 10.1 Å². The van der Waals surface area contributed by atoms with Crippen LogP contribution in [0.5, 0.6) is 0 Å². The number of thiocarbonyl (C=S) groups is 1. The zero-order valence-electron chi connectivity index (χ0n) is 16.3. The van der Waals surface area contributed by atoms with Gasteiger partial charge in [0.15, 0.2) is 4.32 Å². The van der Waals surface area contributed by atoms with Crippen LogP contribution in [0.1, 0.15) is 11.3 Å². The fraction of sp³-hybridized carbons (Fsp3) is 0.0455. The average Bonchev–Trinajstić information content (AvgIpc) is 3.33. The summed E-state index contributed by atoms with van der Waals surface area (Å²) in [5.41, 5.74) is 1.83. The van der Waals surface area contributed by atoms with Crippen molar-refractivity contribution in [3.8, 4) is 11.3 Å². The third-order valence-electron chi connectivity index (χ3n) is 4.61. The highest BCUT2D eigenvalue weighted by atomic mass is 32.2. The number of carbonyl (C=O) groups is 2. The second-order valence-corrected chi connectivity index (χ2v) is 8.44. The molecule has 32 heavy (non-hydrogen) atoms. The highest BCUT2D eigenvalue weighted by Crippen LogP contribution is 2.36. The number of nitro groups is 1. The Labute approximate surface area is 191 Å². The van der Waals surface area contributed by atoms with Gasteiger partial charge in [0.25, 0.3) is 11.6 Å². The minimum atomic E-state index is -0.933. The molecule has 0 unspecified atom stereocenters. The van der Waals surface area contributed by atoms with Gasteiger partial charge in [-0.15, -0.1) is 0 Å². The zero-order chi connectivity index (χ0) is 22.8. The van der Waals surface area contributed by atoms with Gasteiger partial charge in [-0.05, 0) is 42.0 Å². The predicted molar refractivity (Wildman–Crippen MR) is 124 cm³/mol. The van der Waals surface area contributed by atoms with Crippen LogP contribution in [0.15, 0.2) is 70.0 Å². The molecule has 1 aromatic heterocycles. The quantitative estimate of drug-likeness (QED) is 0.236. The number of non-ortho nitro benzene ring substituents is 1. The lowest BCUT2D eigenvalue weighted by atomic mass is 10.1. The Bertz CT molecular complexity index is 1260. The molecule has 0 atom stereocenters. The van der Waals surface area contributed by atoms with Crippen LogP contribution in [0.4, 0.5) is 11.4 Å². The third kappa shape index (κ3) is 4.46. The lowest BCUT2D eigenvalue weighted by Gasteiger charge is -2.14. The van der Waals surface area contributed by atoms with Gasteiger partial charge in [0.2, 0.25) is 0 Å². The average molecular weight is 466 g/mol. The minimum absolute atomic E-state index is 0.0137. The second-order valence-electron chi connectivity index (χ2n) is 6.76. The topological polar surface area (TPSA) is 114 Å². The van der Waals surface area contributed by atoms with Crippen molar-refractivity contribution in [3.63, 3.8) is 0 Å². The van der Waals surface area contributed by atoms with Crippen molar-refractivity contribution >= 4 is 57.6 Å². The van der Waals surface area contributed by atoms with E-state index in [0.29, 0.717) is 37.6 Å². The molecular weight excluding hydrogens is 452 g/mol. The molecule has 2 aromatic carbocycles. The first-order valence-electron chi connectivity index (χ1n) is 9.25. The van der Waals surface area contributed by atoms with E-state index in [2.05, 4.69) is 0 Å². The van der Waals surface area contributed by atoms with E-state index in [9.17, 15) is 19.7 Å². The van der Waals surface area contributed by atoms with Crippen LogP contribution >= 0.6 is 24.0 Å². The lowest BCUT2D eigenvalue weighted by Crippen LogP contribution is -2.27. The number of carboxylic acids is 1. The first-order chi connectivity index (χ1) is 15.3. The highest BCUT2D eigenvalue weighted by molar-refractivity contribution is 8.27. The van der Waals surface area contributed by atoms with Crippen LogP contribution in [0.3, 0.4) is 0 Å². The van der Waals surface area contributed by atoms with Gasteiger partial charge in [-0.3, -0.25) is 24.6 Å². The number of rotatable bonds is 6. The standard InChI is InChI=1S/C22H14N2O6S2/c25-20(26)11-13-1-5-15(6-2-13)23-21(27)19(32-22(23)31)12-17-9-10-18(30-17)14-3-7-16(8-4-14)24(28)29/h1-10,12H,11H2,(H,25,26)/b19-12+. The van der Waals surface area contributed by atoms with Crippen molar-refractivity contribution in [1.82, 2.24) is 0 Å². The number of hydrogen-bond acceptors (Lipinski definition) is 7. The number of hydrogen-bond donors (Lipinski definition) is 1. The van der Waals surface area contributed by atoms with Gasteiger partial charge in [0.05, 0.1) is 21.9 Å². The number of benzene rings is 2. The summed E-state index contributed by atoms with van der Waals surface area (Å²) in [6.07, 6.45) is 1.49. The molecule has 1 saturated heterocycles. The van der Waals surface area contributed by atoms with Crippen LogP contribution in [0.2, 0.25) is 0 Å². The maximum atomic E-state index is 12.9. The van der Waals surface area contributed by atoms with Crippen LogP contribution < -0.4 is 4.90 Å². The number of carboxylic acid groups (broad SMARTS) is 1. The molecule has 0 aliphatic carbocycles. The number of nitro benzene ring substituents is 1. The molecule has 0 saturated carbocycles. The maximum absolute atomic E-state index is 12.9. The van der Waals surface area contributed by atoms with Crippen LogP contribution in [-0.4, -0.2) is 26.2 Å². The molecule has 8 nitrogen and oxygen atoms in total. The molecule has 160 valence electrons. The van der Waals surface area contributed by atoms with Gasteiger partial charge in [0, 0.05) is 23.8 Å². The van der Waals surface area contributed by atoms with Gasteiger partial charge in [-0.1, -0.05) is 36.1 Å². The molecule has 0 spiro atoms. The third-order valence-corrected chi connectivity index (χ3v) is 5.91. The van der Waals surface area contributed by atoms with E-state index < -0.39 is 10.9 Å². The number of anilines is 1. The lowest BCUT2D eigenvalue weighted by molar-refractivity contribution is -0.384. The van der Waals surface area contributed by atoms with Crippen molar-refractivity contribution in [3.05, 3.63) is 87.0 Å². The second kappa shape index (κ2) is 8.77. The van der Waals surface area contributed by atoms with E-state index in [0.717, 1.165) is 11.8 Å². The first kappa shape index (κ1) is 21.5. The molecule has 10 heteroatoms. The Balaban J connectivity index is 1.53. The molecular formula is C22H14N2O6S2. The summed E-state index contributed by atoms with van der Waals surface area (Å²) in [5.74, 6) is -0.289. The highest BCUT2D eigenvalue weighted by Gasteiger charge is 2.33. The number of aliphatic carboxylic acids is 1. The number of amides is 1. The number of nitrogens with zero attached hydrogens (tertiary/aromatic N) is 2. The van der Waals surface area contributed by atoms with Gasteiger partial charge in [0.1, 0.15) is 11.5 Å². The Morgan fingerprint density at radius 1 is 1.12 bits per heavy atom. The first-order valence-corrected chi connectivity index (χ1v) is 10.5. The Morgan fingerprint density at radius 3 is 2.44 bits per heavy atom. The van der Waals surface area contributed by atoms with Gasteiger partial charge in [-0.25, -0.2) is 0 Å². The van der Waals surface area contributed by atoms with Gasteiger partial charge < -0.3 is 9.52 Å². The monoisotopic (exact) mass is 466 g/mol. The fourth-order valence-corrected chi connectivity index (χ4v) is 4.37. The van der Waals surface area contributed by atoms with E-state index in [4.69, 9.17) is 21.7 Å². The molecule has 1 aliphatic rings. The predicted octanol–water partition coefficient (Wildman–Crippen LogP) is 4.89. The van der Waals surface area contributed by atoms with Crippen LogP contribution in [0.25, 0.3) is 17.4 Å². The SMILES string of the molecule is O=C(O)Cc1ccc(N2C(=O)/C(=C\c3ccc(-c4ccc([N+](=O)[O-])cc4)o3)SC2=S)cc1. The summed E-state index contributed by atoms with van der Waals surface area (Å²) in [4.78, 5) is 35.8. The summed E-state index contributed by atoms with van der Waals surface area (Å²) in [5, 5.41) is 19.7. The summed E-state index contributed by atoms with van der Waals surface area (Å²) in [7, 11) is 0. The van der Waals surface area contributed by atoms with E-state index in [-0.39, 0.29) is 18.0 Å². The number of furan rings is 1. The van der Waals surface area contributed by atoms with Gasteiger partial charge in [-0.2, -0.15) is 0 Å². The normalized spacial score (nSPS) is 14.9. The zero-order valence-corrected chi connectivity index (χ0v) is 17.9. The largest absolute Gasteiger partial charge is 0.481 e. The van der Waals surface area contributed by atoms with E-state index >= 15 is 0 Å². The fourth-order valence-electron chi connectivity index (χ4n) is 3.09. The van der Waals surface area contributed by atoms with Crippen molar-refractivity contribution in [2.75, 3.05) is 4.90 Å². The Morgan fingerprint density at radius 2 is 1.81 bits per heavy atom. The Hall–Kier alpha value is -3.76. The van der Waals surface area contributed by atoms with Crippen molar-refractivity contribution in [2.45, 2.75) is 6.42 Å². The Kier molecular flexibility index (Phi) is 5.89. The molecule has 4 rings (SSSR count). The molecule has 1 amide bonds. The van der Waals surface area contributed by atoms with Crippen molar-refractivity contribution in [1.29, 1.82) is 0 Å². The minimum Gasteiger partial charge on any atom is -0.481 e. The maximum Gasteiger partial charge on any atom is 0.307 e. The molecule has 1 N–H and O–H groups in total. The van der Waals surface area contributed by atoms with Crippen LogP contribution in [-0.2, 0) is 16.0 Å². The van der Waals surface area contributed by atoms with Crippen molar-refractivity contribution in [2.24, 2.45) is 0 Å². The summed E-state index contributed by atoms with van der Waals surface area (Å²) in [6, 6.07) is 16.0. The summed E-state index contributed by atoms with van der Waals surface area (Å²) >= 11 is 6.49. The van der Waals surface area contributed by atoms with E-state index in [1.165, 1.54) is 17.0 Å².